The van der Waals surface area contributed by atoms with E-state index in [1.165, 1.54) is 23.1 Å². The predicted octanol–water partition coefficient (Wildman–Crippen LogP) is 5.73. The first-order valence-electron chi connectivity index (χ1n) is 12.6. The van der Waals surface area contributed by atoms with Crippen LogP contribution in [0.15, 0.2) is 80.0 Å². The molecular formula is C28H25BrN6O3S2. The van der Waals surface area contributed by atoms with Gasteiger partial charge in [0.25, 0.3) is 0 Å². The van der Waals surface area contributed by atoms with Gasteiger partial charge in [0.2, 0.25) is 11.0 Å². The van der Waals surface area contributed by atoms with E-state index in [-0.39, 0.29) is 23.3 Å². The lowest BCUT2D eigenvalue weighted by atomic mass is 9.76. The third-order valence-electron chi connectivity index (χ3n) is 6.46. The Balaban J connectivity index is 1.37. The van der Waals surface area contributed by atoms with E-state index in [1.807, 2.05) is 31.2 Å². The number of benzene rings is 2. The van der Waals surface area contributed by atoms with Crippen molar-refractivity contribution in [3.05, 3.63) is 81.2 Å². The number of nitrogens with zero attached hydrogens (tertiary/aromatic N) is 4. The second-order valence-electron chi connectivity index (χ2n) is 9.02. The van der Waals surface area contributed by atoms with Gasteiger partial charge in [0.15, 0.2) is 10.1 Å². The van der Waals surface area contributed by atoms with E-state index in [4.69, 9.17) is 10.5 Å². The monoisotopic (exact) mass is 636 g/mol. The van der Waals surface area contributed by atoms with Crippen molar-refractivity contribution in [1.82, 2.24) is 10.2 Å². The topological polar surface area (TPSA) is 134 Å². The van der Waals surface area contributed by atoms with Crippen LogP contribution in [0.25, 0.3) is 0 Å². The standard InChI is InChI=1S/C28H25BrN6O3S2/c1-2-38-19-11-9-18(10-12-19)32-23(37)15-39-28-34-33-27(40-28)35-21-7-4-8-22(36)25(21)24(20(14-30)26(35)31)16-5-3-6-17(29)13-16/h3,5-6,9-13,24H,2,4,7-8,15,31H2,1H3,(H,32,37). The highest BCUT2D eigenvalue weighted by atomic mass is 79.9. The molecule has 204 valence electrons. The molecule has 12 heteroatoms. The Hall–Kier alpha value is -3.66. The lowest BCUT2D eigenvalue weighted by Gasteiger charge is -2.38. The minimum Gasteiger partial charge on any atom is -0.494 e. The van der Waals surface area contributed by atoms with Crippen molar-refractivity contribution < 1.29 is 14.3 Å². The van der Waals surface area contributed by atoms with Gasteiger partial charge in [-0.3, -0.25) is 14.5 Å². The van der Waals surface area contributed by atoms with Crippen LogP contribution in [0.4, 0.5) is 10.8 Å². The summed E-state index contributed by atoms with van der Waals surface area (Å²) in [5.41, 5.74) is 9.73. The van der Waals surface area contributed by atoms with E-state index in [0.29, 0.717) is 52.2 Å². The Kier molecular flexibility index (Phi) is 8.54. The molecule has 1 aliphatic heterocycles. The normalized spacial score (nSPS) is 17.0. The number of allylic oxidation sites excluding steroid dienone is 3. The maximum absolute atomic E-state index is 13.3. The van der Waals surface area contributed by atoms with E-state index in [0.717, 1.165) is 21.5 Å². The van der Waals surface area contributed by atoms with Crippen LogP contribution in [0.5, 0.6) is 5.75 Å². The Morgan fingerprint density at radius 2 is 2.08 bits per heavy atom. The maximum Gasteiger partial charge on any atom is 0.234 e. The zero-order chi connectivity index (χ0) is 28.2. The summed E-state index contributed by atoms with van der Waals surface area (Å²) < 4.78 is 6.85. The number of Topliss-reactive ketones (excluding diaryl/α,β-unsaturated/α-hetero) is 1. The molecule has 1 aromatic heterocycles. The Bertz CT molecular complexity index is 1560. The van der Waals surface area contributed by atoms with Gasteiger partial charge in [-0.2, -0.15) is 5.26 Å². The molecule has 1 amide bonds. The quantitative estimate of drug-likeness (QED) is 0.297. The van der Waals surface area contributed by atoms with Crippen LogP contribution >= 0.6 is 39.0 Å². The number of rotatable bonds is 8. The van der Waals surface area contributed by atoms with Crippen LogP contribution in [0.3, 0.4) is 0 Å². The summed E-state index contributed by atoms with van der Waals surface area (Å²) in [4.78, 5) is 27.5. The van der Waals surface area contributed by atoms with Crippen molar-refractivity contribution in [2.45, 2.75) is 36.4 Å². The van der Waals surface area contributed by atoms with E-state index in [1.54, 1.807) is 29.2 Å². The van der Waals surface area contributed by atoms with Gasteiger partial charge in [0.05, 0.1) is 29.9 Å². The molecule has 3 N–H and O–H groups in total. The van der Waals surface area contributed by atoms with Crippen molar-refractivity contribution in [1.29, 1.82) is 5.26 Å². The molecule has 0 fully saturated rings. The van der Waals surface area contributed by atoms with Gasteiger partial charge in [0, 0.05) is 27.9 Å². The molecular weight excluding hydrogens is 612 g/mol. The highest BCUT2D eigenvalue weighted by Gasteiger charge is 2.41. The molecule has 1 atom stereocenters. The number of hydrogen-bond donors (Lipinski definition) is 2. The molecule has 3 aromatic rings. The van der Waals surface area contributed by atoms with E-state index < -0.39 is 5.92 Å². The van der Waals surface area contributed by atoms with Crippen molar-refractivity contribution in [3.63, 3.8) is 0 Å². The highest BCUT2D eigenvalue weighted by molar-refractivity contribution is 9.10. The van der Waals surface area contributed by atoms with Gasteiger partial charge < -0.3 is 15.8 Å². The number of nitrogens with one attached hydrogen (secondary N) is 1. The van der Waals surface area contributed by atoms with Gasteiger partial charge in [-0.15, -0.1) is 10.2 Å². The average molecular weight is 638 g/mol. The number of carbonyl (C=O) groups excluding carboxylic acids is 2. The van der Waals surface area contributed by atoms with Crippen molar-refractivity contribution >= 4 is 61.5 Å². The first-order valence-corrected chi connectivity index (χ1v) is 15.2. The number of ketones is 1. The van der Waals surface area contributed by atoms with Crippen LogP contribution < -0.4 is 20.7 Å². The number of anilines is 2. The van der Waals surface area contributed by atoms with Crippen molar-refractivity contribution in [2.75, 3.05) is 22.6 Å². The fourth-order valence-corrected chi connectivity index (χ4v) is 6.90. The molecule has 1 unspecified atom stereocenters. The summed E-state index contributed by atoms with van der Waals surface area (Å²) >= 11 is 6.01. The number of amides is 1. The minimum atomic E-state index is -0.547. The molecule has 0 saturated heterocycles. The molecule has 0 radical (unpaired) electrons. The number of carbonyl (C=O) groups is 2. The zero-order valence-electron chi connectivity index (χ0n) is 21.5. The minimum absolute atomic E-state index is 0.00143. The van der Waals surface area contributed by atoms with E-state index in [9.17, 15) is 14.9 Å². The number of nitriles is 1. The molecule has 5 rings (SSSR count). The van der Waals surface area contributed by atoms with Crippen LogP contribution in [0.1, 0.15) is 37.7 Å². The fraction of sp³-hybridized carbons (Fsp3) is 0.250. The van der Waals surface area contributed by atoms with Crippen molar-refractivity contribution in [2.24, 2.45) is 5.73 Å². The molecule has 2 heterocycles. The first kappa shape index (κ1) is 27.9. The SMILES string of the molecule is CCOc1ccc(NC(=O)CSc2nnc(N3C(N)=C(C#N)C(c4cccc(Br)c4)C4=C3CCCC4=O)s2)cc1. The summed E-state index contributed by atoms with van der Waals surface area (Å²) in [6, 6.07) is 17.0. The van der Waals surface area contributed by atoms with Gasteiger partial charge in [-0.25, -0.2) is 0 Å². The molecule has 0 bridgehead atoms. The zero-order valence-corrected chi connectivity index (χ0v) is 24.7. The number of halogens is 1. The summed E-state index contributed by atoms with van der Waals surface area (Å²) in [6.07, 6.45) is 1.72. The Labute approximate surface area is 248 Å². The lowest BCUT2D eigenvalue weighted by molar-refractivity contribution is -0.116. The van der Waals surface area contributed by atoms with Crippen LogP contribution in [0, 0.1) is 11.3 Å². The molecule has 0 spiro atoms. The molecule has 0 saturated carbocycles. The van der Waals surface area contributed by atoms with Crippen molar-refractivity contribution in [3.8, 4) is 11.8 Å². The smallest absolute Gasteiger partial charge is 0.234 e. The maximum atomic E-state index is 13.3. The lowest BCUT2D eigenvalue weighted by Crippen LogP contribution is -2.38. The van der Waals surface area contributed by atoms with Crippen LogP contribution in [-0.4, -0.2) is 34.2 Å². The molecule has 9 nitrogen and oxygen atoms in total. The van der Waals surface area contributed by atoms with Crippen LogP contribution in [0.2, 0.25) is 0 Å². The molecule has 1 aliphatic carbocycles. The van der Waals surface area contributed by atoms with Gasteiger partial charge in [-0.05, 0) is 61.7 Å². The number of thioether (sulfide) groups is 1. The van der Waals surface area contributed by atoms with E-state index >= 15 is 0 Å². The second kappa shape index (κ2) is 12.2. The van der Waals surface area contributed by atoms with Gasteiger partial charge in [-0.1, -0.05) is 51.2 Å². The van der Waals surface area contributed by atoms with Crippen LogP contribution in [-0.2, 0) is 9.59 Å². The third kappa shape index (κ3) is 5.77. The summed E-state index contributed by atoms with van der Waals surface area (Å²) in [5, 5.41) is 22.1. The molecule has 2 aliphatic rings. The summed E-state index contributed by atoms with van der Waals surface area (Å²) in [6.45, 7) is 2.48. The third-order valence-corrected chi connectivity index (χ3v) is 8.99. The first-order chi connectivity index (χ1) is 19.4. The molecule has 40 heavy (non-hydrogen) atoms. The summed E-state index contributed by atoms with van der Waals surface area (Å²) in [7, 11) is 0. The van der Waals surface area contributed by atoms with Gasteiger partial charge >= 0.3 is 0 Å². The predicted molar refractivity (Wildman–Crippen MR) is 159 cm³/mol. The second-order valence-corrected chi connectivity index (χ2v) is 12.1. The number of ether oxygens (including phenoxy) is 1. The Morgan fingerprint density at radius 1 is 1.27 bits per heavy atom. The Morgan fingerprint density at radius 3 is 2.80 bits per heavy atom. The number of aromatic nitrogens is 2. The fourth-order valence-electron chi connectivity index (χ4n) is 4.80. The van der Waals surface area contributed by atoms with E-state index in [2.05, 4.69) is 37.5 Å². The number of nitrogens with two attached hydrogens (primary N) is 1. The largest absolute Gasteiger partial charge is 0.494 e. The van der Waals surface area contributed by atoms with Gasteiger partial charge in [0.1, 0.15) is 11.6 Å². The number of hydrogen-bond acceptors (Lipinski definition) is 10. The average Bonchev–Trinajstić information content (AvgIpc) is 3.41. The summed E-state index contributed by atoms with van der Waals surface area (Å²) in [5.74, 6) is 0.379. The molecule has 2 aromatic carbocycles. The highest BCUT2D eigenvalue weighted by Crippen LogP contribution is 2.47.